The highest BCUT2D eigenvalue weighted by Crippen LogP contribution is 2.26. The number of amides is 2. The molecule has 0 saturated carbocycles. The first-order chi connectivity index (χ1) is 11.5. The zero-order valence-electron chi connectivity index (χ0n) is 13.8. The van der Waals surface area contributed by atoms with Crippen LogP contribution in [0.5, 0.6) is 0 Å². The van der Waals surface area contributed by atoms with Crippen LogP contribution in [-0.4, -0.2) is 53.8 Å². The van der Waals surface area contributed by atoms with Gasteiger partial charge in [-0.1, -0.05) is 23.2 Å². The Morgan fingerprint density at radius 1 is 1.04 bits per heavy atom. The van der Waals surface area contributed by atoms with Gasteiger partial charge in [0.05, 0.1) is 16.0 Å². The molecule has 1 aromatic rings. The molecular formula is C17H22Cl3N3O2. The van der Waals surface area contributed by atoms with Crippen molar-refractivity contribution in [1.82, 2.24) is 9.80 Å². The van der Waals surface area contributed by atoms with Gasteiger partial charge in [-0.15, -0.1) is 12.4 Å². The molecule has 1 aromatic carbocycles. The van der Waals surface area contributed by atoms with E-state index < -0.39 is 0 Å². The van der Waals surface area contributed by atoms with E-state index in [4.69, 9.17) is 28.9 Å². The molecule has 2 saturated heterocycles. The number of nitrogens with two attached hydrogens (primary N) is 1. The van der Waals surface area contributed by atoms with E-state index in [1.807, 2.05) is 4.90 Å². The predicted octanol–water partition coefficient (Wildman–Crippen LogP) is 2.83. The topological polar surface area (TPSA) is 66.6 Å². The molecule has 0 bridgehead atoms. The highest BCUT2D eigenvalue weighted by Gasteiger charge is 2.34. The highest BCUT2D eigenvalue weighted by atomic mass is 35.5. The molecule has 1 unspecified atom stereocenters. The van der Waals surface area contributed by atoms with E-state index in [-0.39, 0.29) is 36.2 Å². The summed E-state index contributed by atoms with van der Waals surface area (Å²) in [6.45, 7) is 2.44. The fourth-order valence-electron chi connectivity index (χ4n) is 3.42. The standard InChI is InChI=1S/C17H21Cl2N3O2.ClH/c18-14-4-3-11(8-15(14)19)16(23)21-6-1-2-12(9-21)17(24)22-7-5-13(20)10-22;/h3-4,8,12-13H,1-2,5-7,9-10,20H2;1H/t12?,13-;/m1./s1. The molecule has 25 heavy (non-hydrogen) atoms. The summed E-state index contributed by atoms with van der Waals surface area (Å²) in [5.41, 5.74) is 6.39. The Kier molecular flexibility index (Phi) is 6.97. The zero-order chi connectivity index (χ0) is 17.3. The molecule has 0 radical (unpaired) electrons. The van der Waals surface area contributed by atoms with Crippen molar-refractivity contribution in [3.8, 4) is 0 Å². The lowest BCUT2D eigenvalue weighted by Gasteiger charge is -2.34. The van der Waals surface area contributed by atoms with E-state index in [9.17, 15) is 9.59 Å². The molecule has 0 aromatic heterocycles. The van der Waals surface area contributed by atoms with E-state index >= 15 is 0 Å². The lowest BCUT2D eigenvalue weighted by molar-refractivity contribution is -0.135. The van der Waals surface area contributed by atoms with Crippen molar-refractivity contribution in [1.29, 1.82) is 0 Å². The van der Waals surface area contributed by atoms with Crippen LogP contribution in [0.25, 0.3) is 0 Å². The van der Waals surface area contributed by atoms with Crippen LogP contribution >= 0.6 is 35.6 Å². The molecular weight excluding hydrogens is 385 g/mol. The molecule has 2 amide bonds. The molecule has 0 aliphatic carbocycles. The first-order valence-electron chi connectivity index (χ1n) is 8.24. The van der Waals surface area contributed by atoms with Crippen molar-refractivity contribution >= 4 is 47.4 Å². The number of hydrogen-bond acceptors (Lipinski definition) is 3. The van der Waals surface area contributed by atoms with Crippen LogP contribution in [0.15, 0.2) is 18.2 Å². The minimum atomic E-state index is -0.143. The third-order valence-electron chi connectivity index (χ3n) is 4.76. The highest BCUT2D eigenvalue weighted by molar-refractivity contribution is 6.42. The normalized spacial score (nSPS) is 23.3. The SMILES string of the molecule is Cl.N[C@@H]1CCN(C(=O)C2CCCN(C(=O)c3ccc(Cl)c(Cl)c3)C2)C1. The minimum Gasteiger partial charge on any atom is -0.341 e. The van der Waals surface area contributed by atoms with Gasteiger partial charge in [-0.2, -0.15) is 0 Å². The molecule has 2 aliphatic rings. The number of rotatable bonds is 2. The largest absolute Gasteiger partial charge is 0.341 e. The Morgan fingerprint density at radius 2 is 1.80 bits per heavy atom. The number of halogens is 3. The van der Waals surface area contributed by atoms with E-state index in [1.54, 1.807) is 23.1 Å². The number of likely N-dealkylation sites (tertiary alicyclic amines) is 2. The summed E-state index contributed by atoms with van der Waals surface area (Å²) >= 11 is 11.9. The number of hydrogen-bond donors (Lipinski definition) is 1. The monoisotopic (exact) mass is 405 g/mol. The van der Waals surface area contributed by atoms with Gasteiger partial charge in [-0.25, -0.2) is 0 Å². The van der Waals surface area contributed by atoms with Gasteiger partial charge in [0, 0.05) is 37.8 Å². The first kappa shape index (κ1) is 20.3. The summed E-state index contributed by atoms with van der Waals surface area (Å²) in [5, 5.41) is 0.781. The van der Waals surface area contributed by atoms with Crippen LogP contribution in [0.3, 0.4) is 0 Å². The van der Waals surface area contributed by atoms with Crippen molar-refractivity contribution in [2.45, 2.75) is 25.3 Å². The zero-order valence-corrected chi connectivity index (χ0v) is 16.1. The summed E-state index contributed by atoms with van der Waals surface area (Å²) in [7, 11) is 0. The van der Waals surface area contributed by atoms with Crippen LogP contribution in [0, 0.1) is 5.92 Å². The molecule has 2 atom stereocenters. The summed E-state index contributed by atoms with van der Waals surface area (Å²) in [6, 6.07) is 4.94. The minimum absolute atomic E-state index is 0. The molecule has 3 rings (SSSR count). The van der Waals surface area contributed by atoms with Crippen LogP contribution in [0.1, 0.15) is 29.6 Å². The summed E-state index contributed by atoms with van der Waals surface area (Å²) in [4.78, 5) is 28.9. The van der Waals surface area contributed by atoms with Crippen LogP contribution in [-0.2, 0) is 4.79 Å². The Bertz CT molecular complexity index is 656. The van der Waals surface area contributed by atoms with Crippen LogP contribution < -0.4 is 5.73 Å². The summed E-state index contributed by atoms with van der Waals surface area (Å²) < 4.78 is 0. The smallest absolute Gasteiger partial charge is 0.253 e. The Balaban J connectivity index is 0.00000225. The van der Waals surface area contributed by atoms with Crippen molar-refractivity contribution in [3.05, 3.63) is 33.8 Å². The number of carbonyl (C=O) groups excluding carboxylic acids is 2. The maximum absolute atomic E-state index is 12.7. The molecule has 2 heterocycles. The van der Waals surface area contributed by atoms with Gasteiger partial charge in [0.25, 0.3) is 5.91 Å². The molecule has 0 spiro atoms. The third-order valence-corrected chi connectivity index (χ3v) is 5.50. The summed E-state index contributed by atoms with van der Waals surface area (Å²) in [6.07, 6.45) is 2.49. The lowest BCUT2D eigenvalue weighted by Crippen LogP contribution is -2.46. The second-order valence-corrected chi connectivity index (χ2v) is 7.37. The van der Waals surface area contributed by atoms with Gasteiger partial charge in [0.15, 0.2) is 0 Å². The van der Waals surface area contributed by atoms with Gasteiger partial charge in [0.1, 0.15) is 0 Å². The molecule has 2 fully saturated rings. The number of benzene rings is 1. The lowest BCUT2D eigenvalue weighted by atomic mass is 9.96. The number of piperidine rings is 1. The predicted molar refractivity (Wildman–Crippen MR) is 102 cm³/mol. The van der Waals surface area contributed by atoms with Crippen molar-refractivity contribution in [2.24, 2.45) is 11.7 Å². The average molecular weight is 407 g/mol. The van der Waals surface area contributed by atoms with Crippen LogP contribution in [0.4, 0.5) is 0 Å². The quantitative estimate of drug-likeness (QED) is 0.821. The van der Waals surface area contributed by atoms with E-state index in [0.717, 1.165) is 25.8 Å². The molecule has 2 N–H and O–H groups in total. The third kappa shape index (κ3) is 4.59. The van der Waals surface area contributed by atoms with Gasteiger partial charge in [-0.05, 0) is 37.5 Å². The van der Waals surface area contributed by atoms with Crippen molar-refractivity contribution in [2.75, 3.05) is 26.2 Å². The first-order valence-corrected chi connectivity index (χ1v) is 9.00. The van der Waals surface area contributed by atoms with Crippen molar-refractivity contribution in [3.63, 3.8) is 0 Å². The molecule has 5 nitrogen and oxygen atoms in total. The molecule has 138 valence electrons. The van der Waals surface area contributed by atoms with Crippen molar-refractivity contribution < 1.29 is 9.59 Å². The van der Waals surface area contributed by atoms with Gasteiger partial charge in [0.2, 0.25) is 5.91 Å². The van der Waals surface area contributed by atoms with Gasteiger partial charge < -0.3 is 15.5 Å². The molecule has 2 aliphatic heterocycles. The van der Waals surface area contributed by atoms with Crippen LogP contribution in [0.2, 0.25) is 10.0 Å². The molecule has 8 heteroatoms. The maximum atomic E-state index is 12.7. The Morgan fingerprint density at radius 3 is 2.44 bits per heavy atom. The fourth-order valence-corrected chi connectivity index (χ4v) is 3.72. The average Bonchev–Trinajstić information content (AvgIpc) is 3.02. The van der Waals surface area contributed by atoms with E-state index in [1.165, 1.54) is 0 Å². The fraction of sp³-hybridized carbons (Fsp3) is 0.529. The second-order valence-electron chi connectivity index (χ2n) is 6.55. The van der Waals surface area contributed by atoms with Gasteiger partial charge in [-0.3, -0.25) is 9.59 Å². The van der Waals surface area contributed by atoms with Gasteiger partial charge >= 0.3 is 0 Å². The summed E-state index contributed by atoms with van der Waals surface area (Å²) in [5.74, 6) is -0.130. The van der Waals surface area contributed by atoms with E-state index in [2.05, 4.69) is 0 Å². The Hall–Kier alpha value is -1.01. The maximum Gasteiger partial charge on any atom is 0.253 e. The number of carbonyl (C=O) groups is 2. The second kappa shape index (κ2) is 8.58. The van der Waals surface area contributed by atoms with E-state index in [0.29, 0.717) is 35.2 Å². The number of nitrogens with zero attached hydrogens (tertiary/aromatic N) is 2. The Labute approximate surface area is 163 Å².